The van der Waals surface area contributed by atoms with E-state index in [0.29, 0.717) is 10.8 Å². The van der Waals surface area contributed by atoms with Gasteiger partial charge < -0.3 is 24.6 Å². The van der Waals surface area contributed by atoms with Crippen molar-refractivity contribution in [2.75, 3.05) is 13.7 Å². The molecule has 0 aliphatic carbocycles. The van der Waals surface area contributed by atoms with Crippen LogP contribution in [0.3, 0.4) is 0 Å². The van der Waals surface area contributed by atoms with Gasteiger partial charge in [-0.3, -0.25) is 20.0 Å². The molecule has 1 aliphatic heterocycles. The highest BCUT2D eigenvalue weighted by Gasteiger charge is 2.37. The number of aliphatic hydroxyl groups is 1. The van der Waals surface area contributed by atoms with E-state index in [1.54, 1.807) is 50.5 Å². The number of hydrogen-bond donors (Lipinski definition) is 4. The largest absolute Gasteiger partial charge is 0.495 e. The molecule has 1 aromatic heterocycles. The van der Waals surface area contributed by atoms with Crippen molar-refractivity contribution in [3.63, 3.8) is 0 Å². The summed E-state index contributed by atoms with van der Waals surface area (Å²) >= 11 is 6.31. The molecular weight excluding hydrogens is 600 g/mol. The second kappa shape index (κ2) is 16.6. The molecule has 246 valence electrons. The topological polar surface area (TPSA) is 152 Å². The summed E-state index contributed by atoms with van der Waals surface area (Å²) in [7, 11) is 1.51. The molecule has 12 heteroatoms. The SMILES string of the molecule is COc1ccc(C[C@H]2NC(O)/C=C/C[C@@H]([C@H](C)/C=C/c3cn[nH]c3)OC(=O)[C@H](CC(C)C)OC(=O)C(C)(C)CNC2=O)cc1Cl. The molecule has 0 fully saturated rings. The van der Waals surface area contributed by atoms with Crippen LogP contribution in [0.15, 0.2) is 48.8 Å². The van der Waals surface area contributed by atoms with Crippen molar-refractivity contribution in [3.8, 4) is 5.75 Å². The number of aliphatic hydroxyl groups excluding tert-OH is 1. The van der Waals surface area contributed by atoms with Crippen LogP contribution in [0.2, 0.25) is 5.02 Å². The zero-order valence-corrected chi connectivity index (χ0v) is 27.5. The number of benzene rings is 1. The first-order valence-electron chi connectivity index (χ1n) is 15.1. The van der Waals surface area contributed by atoms with E-state index < -0.39 is 47.7 Å². The lowest BCUT2D eigenvalue weighted by molar-refractivity contribution is -0.178. The number of carbonyl (C=O) groups excluding carboxylic acids is 3. The Bertz CT molecular complexity index is 1340. The van der Waals surface area contributed by atoms with Crippen molar-refractivity contribution < 1.29 is 33.7 Å². The molecule has 4 N–H and O–H groups in total. The second-order valence-corrected chi connectivity index (χ2v) is 12.8. The van der Waals surface area contributed by atoms with Crippen molar-refractivity contribution in [1.82, 2.24) is 20.8 Å². The third kappa shape index (κ3) is 11.0. The molecule has 11 nitrogen and oxygen atoms in total. The van der Waals surface area contributed by atoms with Crippen LogP contribution in [0, 0.1) is 17.3 Å². The predicted molar refractivity (Wildman–Crippen MR) is 171 cm³/mol. The normalized spacial score (nSPS) is 25.0. The number of nitrogens with zero attached hydrogens (tertiary/aromatic N) is 1. The molecule has 2 aromatic rings. The van der Waals surface area contributed by atoms with Gasteiger partial charge in [0, 0.05) is 30.6 Å². The predicted octanol–water partition coefficient (Wildman–Crippen LogP) is 4.21. The van der Waals surface area contributed by atoms with E-state index in [1.807, 2.05) is 32.9 Å². The summed E-state index contributed by atoms with van der Waals surface area (Å²) in [5.74, 6) is -1.44. The van der Waals surface area contributed by atoms with Gasteiger partial charge in [0.2, 0.25) is 5.91 Å². The quantitative estimate of drug-likeness (QED) is 0.245. The molecule has 2 heterocycles. The Balaban J connectivity index is 1.92. The number of hydrogen-bond acceptors (Lipinski definition) is 9. The molecular formula is C33H45ClN4O7. The highest BCUT2D eigenvalue weighted by Crippen LogP contribution is 2.26. The molecule has 0 saturated carbocycles. The third-order valence-electron chi connectivity index (χ3n) is 7.45. The molecule has 0 saturated heterocycles. The number of amides is 1. The van der Waals surface area contributed by atoms with E-state index in [-0.39, 0.29) is 37.6 Å². The van der Waals surface area contributed by atoms with Crippen LogP contribution >= 0.6 is 11.6 Å². The molecule has 0 bridgehead atoms. The van der Waals surface area contributed by atoms with E-state index >= 15 is 0 Å². The summed E-state index contributed by atoms with van der Waals surface area (Å²) in [4.78, 5) is 40.2. The van der Waals surface area contributed by atoms with Gasteiger partial charge in [-0.2, -0.15) is 5.10 Å². The van der Waals surface area contributed by atoms with E-state index in [9.17, 15) is 19.5 Å². The monoisotopic (exact) mass is 644 g/mol. The van der Waals surface area contributed by atoms with Gasteiger partial charge >= 0.3 is 11.9 Å². The average molecular weight is 645 g/mol. The third-order valence-corrected chi connectivity index (χ3v) is 7.75. The molecule has 1 aromatic carbocycles. The number of aromatic nitrogens is 2. The Morgan fingerprint density at radius 3 is 2.60 bits per heavy atom. The van der Waals surface area contributed by atoms with Gasteiger partial charge in [0.15, 0.2) is 6.10 Å². The van der Waals surface area contributed by atoms with Gasteiger partial charge in [-0.1, -0.05) is 56.7 Å². The van der Waals surface area contributed by atoms with Crippen LogP contribution in [0.5, 0.6) is 5.75 Å². The van der Waals surface area contributed by atoms with Gasteiger partial charge in [0.1, 0.15) is 18.1 Å². The lowest BCUT2D eigenvalue weighted by atomic mass is 9.93. The van der Waals surface area contributed by atoms with Crippen LogP contribution in [-0.4, -0.2) is 71.3 Å². The molecule has 1 amide bonds. The lowest BCUT2D eigenvalue weighted by Gasteiger charge is -2.29. The molecule has 0 spiro atoms. The number of carbonyl (C=O) groups is 3. The first-order valence-corrected chi connectivity index (χ1v) is 15.5. The molecule has 1 unspecified atom stereocenters. The highest BCUT2D eigenvalue weighted by molar-refractivity contribution is 6.32. The van der Waals surface area contributed by atoms with Gasteiger partial charge in [-0.15, -0.1) is 0 Å². The molecule has 1 aliphatic rings. The fourth-order valence-electron chi connectivity index (χ4n) is 4.65. The van der Waals surface area contributed by atoms with Crippen molar-refractivity contribution in [3.05, 3.63) is 65.0 Å². The first-order chi connectivity index (χ1) is 21.3. The summed E-state index contributed by atoms with van der Waals surface area (Å²) in [5.41, 5.74) is 0.418. The maximum atomic E-state index is 13.4. The maximum absolute atomic E-state index is 13.4. The number of halogens is 1. The Labute approximate surface area is 269 Å². The average Bonchev–Trinajstić information content (AvgIpc) is 3.50. The van der Waals surface area contributed by atoms with E-state index in [1.165, 1.54) is 13.2 Å². The van der Waals surface area contributed by atoms with Crippen molar-refractivity contribution >= 4 is 35.5 Å². The molecule has 0 radical (unpaired) electrons. The zero-order chi connectivity index (χ0) is 33.1. The van der Waals surface area contributed by atoms with Crippen molar-refractivity contribution in [2.45, 2.75) is 78.4 Å². The number of esters is 2. The number of rotatable bonds is 8. The highest BCUT2D eigenvalue weighted by atomic mass is 35.5. The van der Waals surface area contributed by atoms with Crippen molar-refractivity contribution in [1.29, 1.82) is 0 Å². The van der Waals surface area contributed by atoms with Crippen LogP contribution in [0.1, 0.15) is 58.6 Å². The Morgan fingerprint density at radius 2 is 1.96 bits per heavy atom. The minimum atomic E-state index is -1.21. The molecule has 5 atom stereocenters. The molecule has 45 heavy (non-hydrogen) atoms. The first kappa shape index (κ1) is 35.8. The minimum Gasteiger partial charge on any atom is -0.495 e. The van der Waals surface area contributed by atoms with Crippen LogP contribution in [0.25, 0.3) is 6.08 Å². The van der Waals surface area contributed by atoms with E-state index in [2.05, 4.69) is 20.8 Å². The number of H-pyrrole nitrogens is 1. The summed E-state index contributed by atoms with van der Waals surface area (Å²) in [6, 6.07) is 4.31. The maximum Gasteiger partial charge on any atom is 0.347 e. The fourth-order valence-corrected chi connectivity index (χ4v) is 4.93. The van der Waals surface area contributed by atoms with Gasteiger partial charge in [0.05, 0.1) is 29.8 Å². The lowest BCUT2D eigenvalue weighted by Crippen LogP contribution is -2.52. The van der Waals surface area contributed by atoms with E-state index in [4.69, 9.17) is 25.8 Å². The minimum absolute atomic E-state index is 0.0361. The van der Waals surface area contributed by atoms with Crippen molar-refractivity contribution in [2.24, 2.45) is 17.3 Å². The number of cyclic esters (lactones) is 2. The number of aromatic amines is 1. The second-order valence-electron chi connectivity index (χ2n) is 12.4. The van der Waals surface area contributed by atoms with Gasteiger partial charge in [-0.05, 0) is 56.4 Å². The summed E-state index contributed by atoms with van der Waals surface area (Å²) < 4.78 is 16.9. The smallest absolute Gasteiger partial charge is 0.347 e. The number of ether oxygens (including phenoxy) is 3. The summed E-state index contributed by atoms with van der Waals surface area (Å²) in [6.07, 6.45) is 8.11. The van der Waals surface area contributed by atoms with Crippen LogP contribution in [-0.2, 0) is 30.3 Å². The Kier molecular flexibility index (Phi) is 13.2. The summed E-state index contributed by atoms with van der Waals surface area (Å²) in [5, 5.41) is 23.7. The zero-order valence-electron chi connectivity index (χ0n) is 26.7. The molecule has 3 rings (SSSR count). The van der Waals surface area contributed by atoms with Gasteiger partial charge in [-0.25, -0.2) is 4.79 Å². The van der Waals surface area contributed by atoms with Crippen LogP contribution in [0.4, 0.5) is 0 Å². The van der Waals surface area contributed by atoms with Gasteiger partial charge in [0.25, 0.3) is 0 Å². The van der Waals surface area contributed by atoms with E-state index in [0.717, 1.165) is 11.1 Å². The summed E-state index contributed by atoms with van der Waals surface area (Å²) in [6.45, 7) is 8.94. The standard InChI is InChI=1S/C33H45ClN4O7/c1-20(2)14-28-31(41)44-26(21(3)10-11-23-17-36-37-18-23)8-7-9-29(39)38-25(16-22-12-13-27(43-6)24(34)15-22)30(40)35-19-33(4,5)32(42)45-28/h7,9-13,15,17-18,20-21,25-26,28-29,38-39H,8,14,16,19H2,1-6H3,(H,35,40)(H,36,37)/b9-7+,11-10+/t21-,25-,26+,28+,29?/m1/s1. The Hall–Kier alpha value is -3.67. The Morgan fingerprint density at radius 1 is 1.20 bits per heavy atom. The number of methoxy groups -OCH3 is 1. The number of nitrogens with one attached hydrogen (secondary N) is 3. The van der Waals surface area contributed by atoms with Crippen LogP contribution < -0.4 is 15.4 Å². The fraction of sp³-hybridized carbons (Fsp3) is 0.515.